The average molecular weight is 388 g/mol. The Labute approximate surface area is 176 Å². The SMILES string of the molecule is CCN1c2ccccc2C(C)(C)C1C/C=C/C1=[N+](CC)c2ccccc2C1(C)C. The Bertz CT molecular complexity index is 978. The fourth-order valence-electron chi connectivity index (χ4n) is 5.61. The third kappa shape index (κ3) is 2.96. The van der Waals surface area contributed by atoms with Gasteiger partial charge in [-0.15, -0.1) is 0 Å². The lowest BCUT2D eigenvalue weighted by molar-refractivity contribution is -0.433. The zero-order valence-electron chi connectivity index (χ0n) is 18.9. The van der Waals surface area contributed by atoms with E-state index in [4.69, 9.17) is 0 Å². The molecule has 2 aliphatic rings. The predicted molar refractivity (Wildman–Crippen MR) is 125 cm³/mol. The second kappa shape index (κ2) is 7.16. The van der Waals surface area contributed by atoms with Gasteiger partial charge in [0.05, 0.1) is 5.41 Å². The van der Waals surface area contributed by atoms with Gasteiger partial charge in [0.2, 0.25) is 5.69 Å². The van der Waals surface area contributed by atoms with E-state index in [0.29, 0.717) is 6.04 Å². The van der Waals surface area contributed by atoms with Crippen molar-refractivity contribution in [3.63, 3.8) is 0 Å². The van der Waals surface area contributed by atoms with Crippen LogP contribution in [-0.2, 0) is 10.8 Å². The molecule has 29 heavy (non-hydrogen) atoms. The molecule has 2 heterocycles. The highest BCUT2D eigenvalue weighted by Crippen LogP contribution is 2.46. The number of fused-ring (bicyclic) bond motifs is 2. The van der Waals surface area contributed by atoms with E-state index in [-0.39, 0.29) is 10.8 Å². The summed E-state index contributed by atoms with van der Waals surface area (Å²) >= 11 is 0. The van der Waals surface area contributed by atoms with E-state index >= 15 is 0 Å². The van der Waals surface area contributed by atoms with Gasteiger partial charge in [0.25, 0.3) is 0 Å². The van der Waals surface area contributed by atoms with Crippen LogP contribution in [0.4, 0.5) is 11.4 Å². The van der Waals surface area contributed by atoms with Crippen molar-refractivity contribution in [1.29, 1.82) is 0 Å². The Balaban J connectivity index is 1.64. The average Bonchev–Trinajstić information content (AvgIpc) is 3.07. The first-order chi connectivity index (χ1) is 13.8. The van der Waals surface area contributed by atoms with Crippen LogP contribution in [0.2, 0.25) is 0 Å². The first kappa shape index (κ1) is 19.9. The van der Waals surface area contributed by atoms with Crippen molar-refractivity contribution >= 4 is 17.1 Å². The Morgan fingerprint density at radius 2 is 1.59 bits per heavy atom. The normalized spacial score (nSPS) is 21.7. The summed E-state index contributed by atoms with van der Waals surface area (Å²) in [6.45, 7) is 16.1. The van der Waals surface area contributed by atoms with Crippen LogP contribution < -0.4 is 4.90 Å². The number of anilines is 1. The van der Waals surface area contributed by atoms with E-state index in [9.17, 15) is 0 Å². The first-order valence-electron chi connectivity index (χ1n) is 11.1. The Morgan fingerprint density at radius 1 is 0.931 bits per heavy atom. The first-order valence-corrected chi connectivity index (χ1v) is 11.1. The summed E-state index contributed by atoms with van der Waals surface area (Å²) in [7, 11) is 0. The summed E-state index contributed by atoms with van der Waals surface area (Å²) < 4.78 is 2.48. The van der Waals surface area contributed by atoms with Crippen molar-refractivity contribution in [2.45, 2.75) is 64.8 Å². The molecule has 2 aliphatic heterocycles. The largest absolute Gasteiger partial charge is 0.367 e. The van der Waals surface area contributed by atoms with Crippen molar-refractivity contribution in [2.75, 3.05) is 18.0 Å². The summed E-state index contributed by atoms with van der Waals surface area (Å²) in [5.74, 6) is 0. The number of hydrogen-bond acceptors (Lipinski definition) is 1. The van der Waals surface area contributed by atoms with E-state index in [2.05, 4.69) is 112 Å². The minimum atomic E-state index is 0.0434. The number of benzene rings is 2. The molecule has 2 nitrogen and oxygen atoms in total. The third-order valence-electron chi connectivity index (χ3n) is 7.21. The van der Waals surface area contributed by atoms with Crippen molar-refractivity contribution in [3.8, 4) is 0 Å². The minimum absolute atomic E-state index is 0.0434. The molecule has 4 rings (SSSR count). The van der Waals surface area contributed by atoms with E-state index in [0.717, 1.165) is 19.5 Å². The van der Waals surface area contributed by atoms with Gasteiger partial charge in [-0.25, -0.2) is 0 Å². The highest BCUT2D eigenvalue weighted by Gasteiger charge is 2.45. The van der Waals surface area contributed by atoms with E-state index in [1.54, 1.807) is 0 Å². The van der Waals surface area contributed by atoms with Gasteiger partial charge in [0.1, 0.15) is 6.54 Å². The van der Waals surface area contributed by atoms with Crippen molar-refractivity contribution in [3.05, 3.63) is 71.8 Å². The lowest BCUT2D eigenvalue weighted by Gasteiger charge is -2.33. The second-order valence-electron chi connectivity index (χ2n) is 9.45. The molecule has 0 fully saturated rings. The molecule has 152 valence electrons. The molecule has 0 amide bonds. The lowest BCUT2D eigenvalue weighted by atomic mass is 9.78. The van der Waals surface area contributed by atoms with Gasteiger partial charge in [-0.2, -0.15) is 4.58 Å². The highest BCUT2D eigenvalue weighted by molar-refractivity contribution is 6.03. The zero-order chi connectivity index (χ0) is 20.8. The van der Waals surface area contributed by atoms with E-state index < -0.39 is 0 Å². The summed E-state index contributed by atoms with van der Waals surface area (Å²) in [5.41, 5.74) is 7.31. The van der Waals surface area contributed by atoms with Gasteiger partial charge in [-0.1, -0.05) is 56.3 Å². The molecule has 2 aromatic rings. The van der Waals surface area contributed by atoms with Gasteiger partial charge >= 0.3 is 0 Å². The number of allylic oxidation sites excluding steroid dienone is 1. The zero-order valence-corrected chi connectivity index (χ0v) is 18.9. The van der Waals surface area contributed by atoms with Gasteiger partial charge < -0.3 is 4.90 Å². The maximum atomic E-state index is 2.59. The van der Waals surface area contributed by atoms with E-state index in [1.165, 1.54) is 28.2 Å². The van der Waals surface area contributed by atoms with Gasteiger partial charge in [0.15, 0.2) is 5.71 Å². The third-order valence-corrected chi connectivity index (χ3v) is 7.21. The molecule has 0 saturated carbocycles. The monoisotopic (exact) mass is 387 g/mol. The van der Waals surface area contributed by atoms with Crippen LogP contribution in [0.5, 0.6) is 0 Å². The van der Waals surface area contributed by atoms with Crippen molar-refractivity contribution < 1.29 is 4.58 Å². The van der Waals surface area contributed by atoms with Crippen molar-refractivity contribution in [1.82, 2.24) is 0 Å². The van der Waals surface area contributed by atoms with Crippen LogP contribution in [0.15, 0.2) is 60.7 Å². The van der Waals surface area contributed by atoms with Crippen LogP contribution in [0.25, 0.3) is 0 Å². The maximum absolute atomic E-state index is 2.59. The van der Waals surface area contributed by atoms with Crippen LogP contribution in [0.3, 0.4) is 0 Å². The van der Waals surface area contributed by atoms with Crippen molar-refractivity contribution in [2.24, 2.45) is 0 Å². The molecule has 0 bridgehead atoms. The highest BCUT2D eigenvalue weighted by atomic mass is 15.2. The number of hydrogen-bond donors (Lipinski definition) is 0. The molecular formula is C27H35N2+. The van der Waals surface area contributed by atoms with Gasteiger partial charge in [-0.3, -0.25) is 0 Å². The fraction of sp³-hybridized carbons (Fsp3) is 0.444. The fourth-order valence-corrected chi connectivity index (χ4v) is 5.61. The molecule has 0 radical (unpaired) electrons. The minimum Gasteiger partial charge on any atom is -0.367 e. The maximum Gasteiger partial charge on any atom is 0.209 e. The molecule has 1 atom stereocenters. The lowest BCUT2D eigenvalue weighted by Crippen LogP contribution is -2.41. The Kier molecular flexibility index (Phi) is 4.93. The predicted octanol–water partition coefficient (Wildman–Crippen LogP) is 6.22. The summed E-state index contributed by atoms with van der Waals surface area (Å²) in [5, 5.41) is 0. The molecule has 0 N–H and O–H groups in total. The standard InChI is InChI=1S/C27H35N2/c1-7-28-22-16-11-9-14-20(22)26(3,4)24(28)18-13-19-25-27(5,6)21-15-10-12-17-23(21)29(25)8-2/h9-18,25H,7-8,19H2,1-6H3/q+1/b18-13+. The molecule has 1 unspecified atom stereocenters. The number of likely N-dealkylation sites (N-methyl/N-ethyl adjacent to an activating group) is 1. The van der Waals surface area contributed by atoms with E-state index in [1.807, 2.05) is 0 Å². The summed E-state index contributed by atoms with van der Waals surface area (Å²) in [4.78, 5) is 2.59. The quantitative estimate of drug-likeness (QED) is 0.552. The Hall–Kier alpha value is -2.35. The molecule has 0 spiro atoms. The van der Waals surface area contributed by atoms with Gasteiger partial charge in [-0.05, 0) is 45.7 Å². The van der Waals surface area contributed by atoms with Crippen LogP contribution >= 0.6 is 0 Å². The summed E-state index contributed by atoms with van der Waals surface area (Å²) in [6.07, 6.45) is 5.88. The van der Waals surface area contributed by atoms with Crippen LogP contribution in [0, 0.1) is 0 Å². The van der Waals surface area contributed by atoms with Crippen LogP contribution in [0.1, 0.15) is 59.1 Å². The number of para-hydroxylation sites is 2. The van der Waals surface area contributed by atoms with Gasteiger partial charge in [0, 0.05) is 41.4 Å². The molecule has 0 saturated heterocycles. The smallest absolute Gasteiger partial charge is 0.209 e. The molecule has 2 heteroatoms. The molecule has 0 aliphatic carbocycles. The summed E-state index contributed by atoms with van der Waals surface area (Å²) in [6, 6.07) is 18.3. The van der Waals surface area contributed by atoms with Crippen LogP contribution in [-0.4, -0.2) is 29.4 Å². The number of nitrogens with zero attached hydrogens (tertiary/aromatic N) is 2. The topological polar surface area (TPSA) is 6.25 Å². The number of rotatable bonds is 5. The molecule has 2 aromatic carbocycles. The Morgan fingerprint density at radius 3 is 2.28 bits per heavy atom. The molecular weight excluding hydrogens is 352 g/mol. The molecule has 0 aromatic heterocycles. The second-order valence-corrected chi connectivity index (χ2v) is 9.45.